The number of carbonyl (C=O) groups is 2. The highest BCUT2D eigenvalue weighted by Gasteiger charge is 2.41. The molecule has 0 radical (unpaired) electrons. The number of para-hydroxylation sites is 2. The normalized spacial score (nSPS) is 18.5. The molecule has 1 heterocycles. The number of benzene rings is 3. The van der Waals surface area contributed by atoms with Crippen molar-refractivity contribution in [1.82, 2.24) is 0 Å². The minimum absolute atomic E-state index is 0.00906. The summed E-state index contributed by atoms with van der Waals surface area (Å²) < 4.78 is 16.7. The standard InChI is InChI=1S/C32H34N2O5/c1-6-29(36)34-25-10-8-7-9-23(25)33-24-15-21(22-17-27(37-3)32(39-5)28(18-22)38-4)16-26(35)30(24)31(34)20-13-11-19(2)12-14-20/h7-14,17-18,21,31,33H,6,15-16H2,1-5H3/t21-,31+/m1/s1. The van der Waals surface area contributed by atoms with Gasteiger partial charge in [-0.25, -0.2) is 0 Å². The third-order valence-corrected chi connectivity index (χ3v) is 7.61. The molecule has 1 amide bonds. The Morgan fingerprint density at radius 2 is 1.59 bits per heavy atom. The summed E-state index contributed by atoms with van der Waals surface area (Å²) in [4.78, 5) is 29.5. The second-order valence-electron chi connectivity index (χ2n) is 9.95. The van der Waals surface area contributed by atoms with E-state index in [4.69, 9.17) is 14.2 Å². The van der Waals surface area contributed by atoms with E-state index in [1.807, 2.05) is 74.5 Å². The Morgan fingerprint density at radius 1 is 0.923 bits per heavy atom. The van der Waals surface area contributed by atoms with Crippen LogP contribution in [0.4, 0.5) is 11.4 Å². The molecule has 2 aliphatic rings. The number of carbonyl (C=O) groups excluding carboxylic acids is 2. The van der Waals surface area contributed by atoms with Crippen molar-refractivity contribution in [1.29, 1.82) is 0 Å². The number of nitrogens with zero attached hydrogens (tertiary/aromatic N) is 1. The summed E-state index contributed by atoms with van der Waals surface area (Å²) in [5, 5.41) is 3.57. The van der Waals surface area contributed by atoms with Gasteiger partial charge >= 0.3 is 0 Å². The fourth-order valence-electron chi connectivity index (χ4n) is 5.67. The number of allylic oxidation sites excluding steroid dienone is 1. The van der Waals surface area contributed by atoms with Crippen LogP contribution in [0.5, 0.6) is 17.2 Å². The van der Waals surface area contributed by atoms with Gasteiger partial charge in [-0.3, -0.25) is 14.5 Å². The van der Waals surface area contributed by atoms with E-state index in [1.165, 1.54) is 0 Å². The van der Waals surface area contributed by atoms with Crippen LogP contribution in [0.25, 0.3) is 0 Å². The fourth-order valence-corrected chi connectivity index (χ4v) is 5.67. The number of hydrogen-bond acceptors (Lipinski definition) is 6. The number of amides is 1. The van der Waals surface area contributed by atoms with E-state index in [1.54, 1.807) is 26.2 Å². The van der Waals surface area contributed by atoms with Gasteiger partial charge in [0, 0.05) is 24.1 Å². The zero-order valence-electron chi connectivity index (χ0n) is 23.0. The molecule has 3 aromatic rings. The summed E-state index contributed by atoms with van der Waals surface area (Å²) in [5.41, 5.74) is 5.99. The van der Waals surface area contributed by atoms with Crippen LogP contribution in [0.15, 0.2) is 71.9 Å². The van der Waals surface area contributed by atoms with Crippen molar-refractivity contribution < 1.29 is 23.8 Å². The van der Waals surface area contributed by atoms with E-state index in [9.17, 15) is 9.59 Å². The molecular weight excluding hydrogens is 492 g/mol. The van der Waals surface area contributed by atoms with Gasteiger partial charge in [-0.05, 0) is 54.7 Å². The molecule has 0 fully saturated rings. The van der Waals surface area contributed by atoms with Gasteiger partial charge < -0.3 is 19.5 Å². The summed E-state index contributed by atoms with van der Waals surface area (Å²) in [5.74, 6) is 1.47. The van der Waals surface area contributed by atoms with Crippen LogP contribution in [0.2, 0.25) is 0 Å². The van der Waals surface area contributed by atoms with Crippen LogP contribution < -0.4 is 24.4 Å². The number of Topliss-reactive ketones (excluding diaryl/α,β-unsaturated/α-hetero) is 1. The lowest BCUT2D eigenvalue weighted by Crippen LogP contribution is -2.38. The molecule has 1 aliphatic heterocycles. The van der Waals surface area contributed by atoms with Crippen molar-refractivity contribution in [2.45, 2.75) is 45.1 Å². The Hall–Kier alpha value is -4.26. The predicted molar refractivity (Wildman–Crippen MR) is 152 cm³/mol. The maximum Gasteiger partial charge on any atom is 0.227 e. The van der Waals surface area contributed by atoms with Crippen LogP contribution in [0.1, 0.15) is 54.8 Å². The molecule has 0 saturated carbocycles. The molecule has 0 spiro atoms. The van der Waals surface area contributed by atoms with Crippen molar-refractivity contribution in [2.75, 3.05) is 31.5 Å². The zero-order valence-corrected chi connectivity index (χ0v) is 23.0. The van der Waals surface area contributed by atoms with Gasteiger partial charge in [0.25, 0.3) is 0 Å². The molecule has 1 aliphatic carbocycles. The molecule has 5 rings (SSSR count). The van der Waals surface area contributed by atoms with E-state index < -0.39 is 6.04 Å². The third kappa shape index (κ3) is 4.73. The zero-order chi connectivity index (χ0) is 27.7. The predicted octanol–water partition coefficient (Wildman–Crippen LogP) is 6.33. The second kappa shape index (κ2) is 10.8. The lowest BCUT2D eigenvalue weighted by molar-refractivity contribution is -0.119. The van der Waals surface area contributed by atoms with Gasteiger partial charge in [0.1, 0.15) is 0 Å². The molecular formula is C32H34N2O5. The van der Waals surface area contributed by atoms with Crippen LogP contribution in [-0.2, 0) is 9.59 Å². The quantitative estimate of drug-likeness (QED) is 0.404. The number of hydrogen-bond donors (Lipinski definition) is 1. The molecule has 0 bridgehead atoms. The summed E-state index contributed by atoms with van der Waals surface area (Å²) in [6.07, 6.45) is 1.21. The average molecular weight is 527 g/mol. The molecule has 1 N–H and O–H groups in total. The van der Waals surface area contributed by atoms with E-state index >= 15 is 0 Å². The number of methoxy groups -OCH3 is 3. The first-order valence-electron chi connectivity index (χ1n) is 13.2. The van der Waals surface area contributed by atoms with Crippen LogP contribution in [-0.4, -0.2) is 33.0 Å². The van der Waals surface area contributed by atoms with Crippen molar-refractivity contribution in [3.63, 3.8) is 0 Å². The monoisotopic (exact) mass is 526 g/mol. The smallest absolute Gasteiger partial charge is 0.227 e. The van der Waals surface area contributed by atoms with Crippen LogP contribution in [0, 0.1) is 6.92 Å². The molecule has 0 unspecified atom stereocenters. The molecule has 39 heavy (non-hydrogen) atoms. The van der Waals surface area contributed by atoms with Gasteiger partial charge in [0.05, 0.1) is 38.7 Å². The summed E-state index contributed by atoms with van der Waals surface area (Å²) in [6.45, 7) is 3.88. The van der Waals surface area contributed by atoms with Gasteiger partial charge in [-0.2, -0.15) is 0 Å². The maximum absolute atomic E-state index is 14.1. The first-order chi connectivity index (χ1) is 18.9. The highest BCUT2D eigenvalue weighted by atomic mass is 16.5. The van der Waals surface area contributed by atoms with E-state index in [0.29, 0.717) is 42.1 Å². The van der Waals surface area contributed by atoms with Crippen molar-refractivity contribution in [3.8, 4) is 17.2 Å². The lowest BCUT2D eigenvalue weighted by Gasteiger charge is -2.35. The second-order valence-corrected chi connectivity index (χ2v) is 9.95. The van der Waals surface area contributed by atoms with Gasteiger partial charge in [0.2, 0.25) is 11.7 Å². The third-order valence-electron chi connectivity index (χ3n) is 7.61. The van der Waals surface area contributed by atoms with E-state index in [2.05, 4.69) is 5.32 Å². The lowest BCUT2D eigenvalue weighted by atomic mass is 9.78. The first kappa shape index (κ1) is 26.4. The number of aryl methyl sites for hydroxylation is 1. The average Bonchev–Trinajstić information content (AvgIpc) is 3.11. The Bertz CT molecular complexity index is 1420. The van der Waals surface area contributed by atoms with E-state index in [0.717, 1.165) is 33.8 Å². The maximum atomic E-state index is 14.1. The van der Waals surface area contributed by atoms with Gasteiger partial charge in [-0.1, -0.05) is 48.9 Å². The first-order valence-corrected chi connectivity index (χ1v) is 13.2. The van der Waals surface area contributed by atoms with Crippen molar-refractivity contribution in [3.05, 3.63) is 88.6 Å². The summed E-state index contributed by atoms with van der Waals surface area (Å²) in [7, 11) is 4.74. The highest BCUT2D eigenvalue weighted by molar-refractivity contribution is 6.06. The fraction of sp³-hybridized carbons (Fsp3) is 0.312. The summed E-state index contributed by atoms with van der Waals surface area (Å²) >= 11 is 0. The van der Waals surface area contributed by atoms with Crippen molar-refractivity contribution in [2.24, 2.45) is 0 Å². The Balaban J connectivity index is 1.68. The Labute approximate surface area is 229 Å². The molecule has 7 nitrogen and oxygen atoms in total. The number of ketones is 1. The number of fused-ring (bicyclic) bond motifs is 1. The van der Waals surface area contributed by atoms with E-state index in [-0.39, 0.29) is 17.6 Å². The molecule has 202 valence electrons. The topological polar surface area (TPSA) is 77.1 Å². The number of rotatable bonds is 6. The molecule has 7 heteroatoms. The number of anilines is 2. The Kier molecular flexibility index (Phi) is 7.33. The minimum Gasteiger partial charge on any atom is -0.493 e. The molecule has 2 atom stereocenters. The number of ether oxygens (including phenoxy) is 3. The van der Waals surface area contributed by atoms with Gasteiger partial charge in [0.15, 0.2) is 17.3 Å². The SMILES string of the molecule is CCC(=O)N1c2ccccc2NC2=C(C(=O)C[C@H](c3cc(OC)c(OC)c(OC)c3)C2)[C@@H]1c1ccc(C)cc1. The Morgan fingerprint density at radius 3 is 2.21 bits per heavy atom. The van der Waals surface area contributed by atoms with Gasteiger partial charge in [-0.15, -0.1) is 0 Å². The van der Waals surface area contributed by atoms with Crippen molar-refractivity contribution >= 4 is 23.1 Å². The number of nitrogens with one attached hydrogen (secondary N) is 1. The van der Waals surface area contributed by atoms with Crippen LogP contribution >= 0.6 is 0 Å². The van der Waals surface area contributed by atoms with Crippen LogP contribution in [0.3, 0.4) is 0 Å². The molecule has 0 aromatic heterocycles. The largest absolute Gasteiger partial charge is 0.493 e. The summed E-state index contributed by atoms with van der Waals surface area (Å²) in [6, 6.07) is 19.2. The highest BCUT2D eigenvalue weighted by Crippen LogP contribution is 2.49. The molecule has 0 saturated heterocycles. The minimum atomic E-state index is -0.530. The molecule has 3 aromatic carbocycles.